The Balaban J connectivity index is 2.18. The van der Waals surface area contributed by atoms with Crippen LogP contribution in [-0.2, 0) is 4.74 Å². The van der Waals surface area contributed by atoms with Crippen LogP contribution in [0.5, 0.6) is 0 Å². The van der Waals surface area contributed by atoms with E-state index >= 15 is 0 Å². The molecule has 1 aliphatic heterocycles. The number of piperazine rings is 1. The summed E-state index contributed by atoms with van der Waals surface area (Å²) in [6.07, 6.45) is 0.595. The minimum absolute atomic E-state index is 0.122. The molecule has 1 heterocycles. The third kappa shape index (κ3) is 5.82. The van der Waals surface area contributed by atoms with E-state index in [-0.39, 0.29) is 11.7 Å². The second kappa shape index (κ2) is 6.69. The highest BCUT2D eigenvalue weighted by molar-refractivity contribution is 4.73. The first-order valence-electron chi connectivity index (χ1n) is 6.66. The van der Waals surface area contributed by atoms with Gasteiger partial charge in [0.2, 0.25) is 0 Å². The average molecular weight is 244 g/mol. The number of hydrogen-bond acceptors (Lipinski definition) is 4. The van der Waals surface area contributed by atoms with Gasteiger partial charge in [-0.3, -0.25) is 4.90 Å². The molecule has 0 spiro atoms. The first-order chi connectivity index (χ1) is 7.93. The number of aliphatic hydroxyl groups excluding tert-OH is 1. The summed E-state index contributed by atoms with van der Waals surface area (Å²) in [5.41, 5.74) is -0.122. The number of aliphatic hydroxyl groups is 1. The van der Waals surface area contributed by atoms with E-state index in [9.17, 15) is 5.11 Å². The predicted octanol–water partition coefficient (Wildman–Crippen LogP) is 0.800. The summed E-state index contributed by atoms with van der Waals surface area (Å²) >= 11 is 0. The molecular formula is C13H28N2O2. The lowest BCUT2D eigenvalue weighted by molar-refractivity contribution is -0.0689. The van der Waals surface area contributed by atoms with Crippen molar-refractivity contribution < 1.29 is 9.84 Å². The van der Waals surface area contributed by atoms with E-state index < -0.39 is 0 Å². The van der Waals surface area contributed by atoms with Crippen molar-refractivity contribution in [3.8, 4) is 0 Å². The first-order valence-corrected chi connectivity index (χ1v) is 6.66. The van der Waals surface area contributed by atoms with E-state index in [0.717, 1.165) is 39.1 Å². The van der Waals surface area contributed by atoms with Crippen molar-refractivity contribution in [2.24, 2.45) is 0 Å². The number of rotatable bonds is 6. The van der Waals surface area contributed by atoms with Crippen molar-refractivity contribution in [3.63, 3.8) is 0 Å². The van der Waals surface area contributed by atoms with E-state index in [1.54, 1.807) is 0 Å². The summed E-state index contributed by atoms with van der Waals surface area (Å²) in [4.78, 5) is 4.63. The summed E-state index contributed by atoms with van der Waals surface area (Å²) in [5.74, 6) is 0. The zero-order valence-electron chi connectivity index (χ0n) is 11.8. The molecule has 0 amide bonds. The fourth-order valence-corrected chi connectivity index (χ4v) is 1.81. The summed E-state index contributed by atoms with van der Waals surface area (Å²) in [5, 5.41) is 9.95. The number of ether oxygens (including phenoxy) is 1. The fourth-order valence-electron chi connectivity index (χ4n) is 1.81. The van der Waals surface area contributed by atoms with E-state index in [1.165, 1.54) is 0 Å². The lowest BCUT2D eigenvalue weighted by atomic mass is 10.1. The van der Waals surface area contributed by atoms with Crippen LogP contribution in [0.1, 0.15) is 27.2 Å². The van der Waals surface area contributed by atoms with Gasteiger partial charge in [0, 0.05) is 32.7 Å². The Hall–Kier alpha value is -0.160. The van der Waals surface area contributed by atoms with Crippen molar-refractivity contribution in [2.45, 2.75) is 38.9 Å². The molecule has 1 rings (SSSR count). The maximum atomic E-state index is 9.95. The van der Waals surface area contributed by atoms with Crippen molar-refractivity contribution in [1.29, 1.82) is 0 Å². The van der Waals surface area contributed by atoms with Gasteiger partial charge in [0.05, 0.1) is 18.3 Å². The Kier molecular flexibility index (Phi) is 5.86. The van der Waals surface area contributed by atoms with Gasteiger partial charge in [-0.2, -0.15) is 0 Å². The van der Waals surface area contributed by atoms with Crippen LogP contribution < -0.4 is 0 Å². The molecule has 4 nitrogen and oxygen atoms in total. The third-order valence-electron chi connectivity index (χ3n) is 3.58. The summed E-state index contributed by atoms with van der Waals surface area (Å²) in [7, 11) is 2.14. The summed E-state index contributed by atoms with van der Waals surface area (Å²) in [6.45, 7) is 11.7. The SMILES string of the molecule is CCC(C)(C)OC[C@@H](O)CN1CCN(C)CC1. The van der Waals surface area contributed by atoms with Crippen molar-refractivity contribution in [2.75, 3.05) is 46.4 Å². The van der Waals surface area contributed by atoms with Crippen LogP contribution in [0, 0.1) is 0 Å². The van der Waals surface area contributed by atoms with E-state index in [0.29, 0.717) is 6.61 Å². The molecule has 0 radical (unpaired) electrons. The van der Waals surface area contributed by atoms with Crippen molar-refractivity contribution >= 4 is 0 Å². The van der Waals surface area contributed by atoms with Crippen LogP contribution in [0.2, 0.25) is 0 Å². The van der Waals surface area contributed by atoms with Crippen LogP contribution in [0.4, 0.5) is 0 Å². The Morgan fingerprint density at radius 3 is 2.35 bits per heavy atom. The number of β-amino-alcohol motifs (C(OH)–C–C–N with tert-alkyl or cyclic N) is 1. The molecular weight excluding hydrogens is 216 g/mol. The van der Waals surface area contributed by atoms with Gasteiger partial charge in [-0.15, -0.1) is 0 Å². The Morgan fingerprint density at radius 1 is 1.24 bits per heavy atom. The van der Waals surface area contributed by atoms with Crippen LogP contribution in [-0.4, -0.2) is 73.0 Å². The van der Waals surface area contributed by atoms with Gasteiger partial charge in [0.25, 0.3) is 0 Å². The van der Waals surface area contributed by atoms with E-state index in [4.69, 9.17) is 4.74 Å². The normalized spacial score (nSPS) is 21.7. The lowest BCUT2D eigenvalue weighted by Crippen LogP contribution is -2.48. The second-order valence-corrected chi connectivity index (χ2v) is 5.68. The molecule has 0 saturated carbocycles. The maximum absolute atomic E-state index is 9.95. The minimum atomic E-state index is -0.371. The highest BCUT2D eigenvalue weighted by Crippen LogP contribution is 2.14. The van der Waals surface area contributed by atoms with Gasteiger partial charge < -0.3 is 14.7 Å². The fraction of sp³-hybridized carbons (Fsp3) is 1.00. The molecule has 1 saturated heterocycles. The molecule has 0 aromatic rings. The number of hydrogen-bond donors (Lipinski definition) is 1. The molecule has 0 unspecified atom stereocenters. The molecule has 0 bridgehead atoms. The minimum Gasteiger partial charge on any atom is -0.389 e. The molecule has 4 heteroatoms. The van der Waals surface area contributed by atoms with Gasteiger partial charge in [-0.05, 0) is 27.3 Å². The highest BCUT2D eigenvalue weighted by atomic mass is 16.5. The molecule has 0 aromatic heterocycles. The predicted molar refractivity (Wildman–Crippen MR) is 70.3 cm³/mol. The molecule has 0 aromatic carbocycles. The van der Waals surface area contributed by atoms with Gasteiger partial charge >= 0.3 is 0 Å². The van der Waals surface area contributed by atoms with Crippen LogP contribution in [0.25, 0.3) is 0 Å². The molecule has 1 atom stereocenters. The zero-order chi connectivity index (χ0) is 12.9. The quantitative estimate of drug-likeness (QED) is 0.750. The average Bonchev–Trinajstić information content (AvgIpc) is 2.30. The molecule has 1 N–H and O–H groups in total. The third-order valence-corrected chi connectivity index (χ3v) is 3.58. The largest absolute Gasteiger partial charge is 0.389 e. The molecule has 17 heavy (non-hydrogen) atoms. The van der Waals surface area contributed by atoms with Crippen LogP contribution in [0.3, 0.4) is 0 Å². The van der Waals surface area contributed by atoms with Crippen LogP contribution >= 0.6 is 0 Å². The van der Waals surface area contributed by atoms with Crippen LogP contribution in [0.15, 0.2) is 0 Å². The second-order valence-electron chi connectivity index (χ2n) is 5.68. The summed E-state index contributed by atoms with van der Waals surface area (Å²) in [6, 6.07) is 0. The lowest BCUT2D eigenvalue weighted by Gasteiger charge is -2.34. The standard InChI is InChI=1S/C13H28N2O2/c1-5-13(2,3)17-11-12(16)10-15-8-6-14(4)7-9-15/h12,16H,5-11H2,1-4H3/t12-/m0/s1. The van der Waals surface area contributed by atoms with Gasteiger partial charge in [-0.1, -0.05) is 6.92 Å². The number of likely N-dealkylation sites (N-methyl/N-ethyl adjacent to an activating group) is 1. The Labute approximate surface area is 106 Å². The smallest absolute Gasteiger partial charge is 0.0900 e. The molecule has 102 valence electrons. The topological polar surface area (TPSA) is 35.9 Å². The Bertz CT molecular complexity index is 213. The van der Waals surface area contributed by atoms with E-state index in [2.05, 4.69) is 37.6 Å². The zero-order valence-corrected chi connectivity index (χ0v) is 11.8. The summed E-state index contributed by atoms with van der Waals surface area (Å²) < 4.78 is 5.72. The first kappa shape index (κ1) is 14.9. The molecule has 1 aliphatic rings. The maximum Gasteiger partial charge on any atom is 0.0900 e. The van der Waals surface area contributed by atoms with Gasteiger partial charge in [0.15, 0.2) is 0 Å². The molecule has 1 fully saturated rings. The highest BCUT2D eigenvalue weighted by Gasteiger charge is 2.20. The molecule has 0 aliphatic carbocycles. The number of nitrogens with zero attached hydrogens (tertiary/aromatic N) is 2. The van der Waals surface area contributed by atoms with E-state index in [1.807, 2.05) is 0 Å². The Morgan fingerprint density at radius 2 is 1.82 bits per heavy atom. The monoisotopic (exact) mass is 244 g/mol. The van der Waals surface area contributed by atoms with Gasteiger partial charge in [0.1, 0.15) is 0 Å². The van der Waals surface area contributed by atoms with Gasteiger partial charge in [-0.25, -0.2) is 0 Å². The van der Waals surface area contributed by atoms with Crippen molar-refractivity contribution in [1.82, 2.24) is 9.80 Å². The van der Waals surface area contributed by atoms with Crippen molar-refractivity contribution in [3.05, 3.63) is 0 Å².